The molecule has 0 atom stereocenters. The Morgan fingerprint density at radius 2 is 2.33 bits per heavy atom. The molecule has 2 heteroatoms. The van der Waals surface area contributed by atoms with Crippen molar-refractivity contribution >= 4 is 6.29 Å². The largest absolute Gasteiger partial charge is 0.320 e. The minimum absolute atomic E-state index is 0.805. The minimum atomic E-state index is 0.805. The van der Waals surface area contributed by atoms with Gasteiger partial charge in [-0.3, -0.25) is 4.79 Å². The molecular weight excluding hydrogens is 114 g/mol. The van der Waals surface area contributed by atoms with Gasteiger partial charge in [0.1, 0.15) is 6.29 Å². The van der Waals surface area contributed by atoms with E-state index < -0.39 is 0 Å². The second kappa shape index (κ2) is 7.37. The number of nitrogens with one attached hydrogen (secondary N) is 1. The lowest BCUT2D eigenvalue weighted by atomic mass is 10.3. The number of carbonyl (C=O) groups excluding carboxylic acids is 1. The van der Waals surface area contributed by atoms with Crippen molar-refractivity contribution in [3.63, 3.8) is 0 Å². The van der Waals surface area contributed by atoms with Gasteiger partial charge in [-0.1, -0.05) is 6.08 Å². The third-order valence-electron chi connectivity index (χ3n) is 1.01. The van der Waals surface area contributed by atoms with Crippen LogP contribution in [0, 0.1) is 0 Å². The third-order valence-corrected chi connectivity index (χ3v) is 1.01. The van der Waals surface area contributed by atoms with E-state index in [4.69, 9.17) is 0 Å². The first-order valence-corrected chi connectivity index (χ1v) is 3.16. The number of carbonyl (C=O) groups is 1. The van der Waals surface area contributed by atoms with E-state index in [9.17, 15) is 4.79 Å². The first-order valence-electron chi connectivity index (χ1n) is 3.16. The highest BCUT2D eigenvalue weighted by Crippen LogP contribution is 1.86. The molecule has 52 valence electrons. The topological polar surface area (TPSA) is 29.1 Å². The number of rotatable bonds is 5. The van der Waals surface area contributed by atoms with Crippen LogP contribution in [0.4, 0.5) is 0 Å². The molecule has 2 nitrogen and oxygen atoms in total. The molecule has 0 radical (unpaired) electrons. The van der Waals surface area contributed by atoms with Crippen LogP contribution < -0.4 is 5.32 Å². The molecule has 0 saturated heterocycles. The molecule has 0 aliphatic heterocycles. The fraction of sp³-hybridized carbons (Fsp3) is 0.571. The van der Waals surface area contributed by atoms with Crippen molar-refractivity contribution in [2.45, 2.75) is 12.8 Å². The van der Waals surface area contributed by atoms with Gasteiger partial charge in [0, 0.05) is 0 Å². The normalized spacial score (nSPS) is 10.3. The van der Waals surface area contributed by atoms with Gasteiger partial charge < -0.3 is 5.32 Å². The Kier molecular flexibility index (Phi) is 6.85. The molecule has 0 fully saturated rings. The highest BCUT2D eigenvalue weighted by atomic mass is 16.1. The zero-order chi connectivity index (χ0) is 6.95. The summed E-state index contributed by atoms with van der Waals surface area (Å²) in [6.07, 6.45) is 6.31. The van der Waals surface area contributed by atoms with E-state index in [-0.39, 0.29) is 0 Å². The van der Waals surface area contributed by atoms with Crippen molar-refractivity contribution in [3.8, 4) is 0 Å². The zero-order valence-corrected chi connectivity index (χ0v) is 5.76. The van der Waals surface area contributed by atoms with Crippen LogP contribution in [0.5, 0.6) is 0 Å². The molecule has 0 amide bonds. The van der Waals surface area contributed by atoms with Crippen molar-refractivity contribution in [3.05, 3.63) is 12.2 Å². The molecule has 0 aliphatic rings. The van der Waals surface area contributed by atoms with Gasteiger partial charge in [-0.25, -0.2) is 0 Å². The van der Waals surface area contributed by atoms with E-state index in [0.717, 1.165) is 25.7 Å². The highest BCUT2D eigenvalue weighted by Gasteiger charge is 1.78. The van der Waals surface area contributed by atoms with Gasteiger partial charge in [-0.15, -0.1) is 0 Å². The smallest absolute Gasteiger partial charge is 0.142 e. The summed E-state index contributed by atoms with van der Waals surface area (Å²) < 4.78 is 0. The first-order chi connectivity index (χ1) is 4.41. The Balaban J connectivity index is 2.90. The molecule has 1 N–H and O–H groups in total. The van der Waals surface area contributed by atoms with Gasteiger partial charge in [0.15, 0.2) is 0 Å². The summed E-state index contributed by atoms with van der Waals surface area (Å²) in [5, 5.41) is 3.02. The van der Waals surface area contributed by atoms with Crippen LogP contribution in [0.1, 0.15) is 12.8 Å². The number of aldehydes is 1. The molecule has 0 spiro atoms. The maximum atomic E-state index is 9.74. The van der Waals surface area contributed by atoms with Crippen molar-refractivity contribution in [1.29, 1.82) is 0 Å². The molecule has 0 rings (SSSR count). The summed E-state index contributed by atoms with van der Waals surface area (Å²) in [7, 11) is 1.92. The summed E-state index contributed by atoms with van der Waals surface area (Å²) in [4.78, 5) is 9.74. The zero-order valence-electron chi connectivity index (χ0n) is 5.76. The van der Waals surface area contributed by atoms with Crippen LogP contribution in [0.2, 0.25) is 0 Å². The molecule has 0 heterocycles. The Labute approximate surface area is 56.0 Å². The highest BCUT2D eigenvalue weighted by molar-refractivity contribution is 5.64. The molecule has 9 heavy (non-hydrogen) atoms. The predicted molar refractivity (Wildman–Crippen MR) is 38.4 cm³/mol. The average molecular weight is 127 g/mol. The summed E-state index contributed by atoms with van der Waals surface area (Å²) >= 11 is 0. The van der Waals surface area contributed by atoms with E-state index in [1.807, 2.05) is 13.1 Å². The standard InChI is InChI=1S/C7H13NO/c1-8-6-4-2-3-5-7-9/h3,5,7-8H,2,4,6H2,1H3. The molecule has 0 aromatic carbocycles. The maximum Gasteiger partial charge on any atom is 0.142 e. The van der Waals surface area contributed by atoms with Crippen LogP contribution in [-0.4, -0.2) is 19.9 Å². The quantitative estimate of drug-likeness (QED) is 0.335. The Morgan fingerprint density at radius 1 is 1.56 bits per heavy atom. The van der Waals surface area contributed by atoms with Crippen LogP contribution in [0.3, 0.4) is 0 Å². The summed E-state index contributed by atoms with van der Waals surface area (Å²) in [5.74, 6) is 0. The maximum absolute atomic E-state index is 9.74. The van der Waals surface area contributed by atoms with E-state index in [1.54, 1.807) is 0 Å². The van der Waals surface area contributed by atoms with Gasteiger partial charge in [0.05, 0.1) is 0 Å². The summed E-state index contributed by atoms with van der Waals surface area (Å²) in [6.45, 7) is 1.02. The van der Waals surface area contributed by atoms with E-state index in [0.29, 0.717) is 0 Å². The Morgan fingerprint density at radius 3 is 2.89 bits per heavy atom. The van der Waals surface area contributed by atoms with Crippen LogP contribution in [0.25, 0.3) is 0 Å². The second-order valence-corrected chi connectivity index (χ2v) is 1.81. The Hall–Kier alpha value is -0.630. The van der Waals surface area contributed by atoms with E-state index in [2.05, 4.69) is 5.32 Å². The van der Waals surface area contributed by atoms with Crippen molar-refractivity contribution in [1.82, 2.24) is 5.32 Å². The minimum Gasteiger partial charge on any atom is -0.320 e. The van der Waals surface area contributed by atoms with E-state index in [1.165, 1.54) is 6.08 Å². The lowest BCUT2D eigenvalue weighted by molar-refractivity contribution is -0.104. The van der Waals surface area contributed by atoms with Crippen molar-refractivity contribution in [2.24, 2.45) is 0 Å². The fourth-order valence-corrected chi connectivity index (χ4v) is 0.548. The van der Waals surface area contributed by atoms with Crippen LogP contribution in [0.15, 0.2) is 12.2 Å². The van der Waals surface area contributed by atoms with E-state index >= 15 is 0 Å². The molecule has 0 unspecified atom stereocenters. The fourth-order valence-electron chi connectivity index (χ4n) is 0.548. The molecular formula is C7H13NO. The van der Waals surface area contributed by atoms with Gasteiger partial charge in [0.2, 0.25) is 0 Å². The number of unbranched alkanes of at least 4 members (excludes halogenated alkanes) is 1. The lowest BCUT2D eigenvalue weighted by Gasteiger charge is -1.91. The SMILES string of the molecule is CNCCCC=CC=O. The van der Waals surface area contributed by atoms with Crippen molar-refractivity contribution in [2.75, 3.05) is 13.6 Å². The second-order valence-electron chi connectivity index (χ2n) is 1.81. The first kappa shape index (κ1) is 8.37. The van der Waals surface area contributed by atoms with Crippen LogP contribution in [-0.2, 0) is 4.79 Å². The summed E-state index contributed by atoms with van der Waals surface area (Å²) in [6, 6.07) is 0. The van der Waals surface area contributed by atoms with Gasteiger partial charge in [-0.05, 0) is 32.5 Å². The molecule has 0 saturated carbocycles. The van der Waals surface area contributed by atoms with Gasteiger partial charge in [0.25, 0.3) is 0 Å². The Bertz CT molecular complexity index is 88.9. The monoisotopic (exact) mass is 127 g/mol. The molecule has 0 aliphatic carbocycles. The number of hydrogen-bond acceptors (Lipinski definition) is 2. The molecule has 0 bridgehead atoms. The van der Waals surface area contributed by atoms with Gasteiger partial charge in [-0.2, -0.15) is 0 Å². The number of hydrogen-bond donors (Lipinski definition) is 1. The van der Waals surface area contributed by atoms with Gasteiger partial charge >= 0.3 is 0 Å². The third kappa shape index (κ3) is 7.37. The van der Waals surface area contributed by atoms with Crippen molar-refractivity contribution < 1.29 is 4.79 Å². The summed E-state index contributed by atoms with van der Waals surface area (Å²) in [5.41, 5.74) is 0. The predicted octanol–water partition coefficient (Wildman–Crippen LogP) is 0.741. The lowest BCUT2D eigenvalue weighted by Crippen LogP contribution is -2.06. The average Bonchev–Trinajstić information content (AvgIpc) is 1.89. The molecule has 0 aromatic rings. The van der Waals surface area contributed by atoms with Crippen LogP contribution >= 0.6 is 0 Å². The number of allylic oxidation sites excluding steroid dienone is 2. The molecule has 0 aromatic heterocycles.